The van der Waals surface area contributed by atoms with Gasteiger partial charge in [-0.15, -0.1) is 0 Å². The van der Waals surface area contributed by atoms with Crippen LogP contribution in [0.2, 0.25) is 5.02 Å². The fourth-order valence-electron chi connectivity index (χ4n) is 1.05. The minimum Gasteiger partial charge on any atom is -0.258 e. The molecule has 13 heavy (non-hydrogen) atoms. The van der Waals surface area contributed by atoms with Gasteiger partial charge in [0.25, 0.3) is 0 Å². The summed E-state index contributed by atoms with van der Waals surface area (Å²) < 4.78 is 0. The minimum absolute atomic E-state index is 0.000833. The Labute approximate surface area is 80.7 Å². The highest BCUT2D eigenvalue weighted by molar-refractivity contribution is 6.32. The first-order chi connectivity index (χ1) is 6.04. The summed E-state index contributed by atoms with van der Waals surface area (Å²) in [6.07, 6.45) is 1.48. The molecular formula is C8H9ClN2O2. The van der Waals surface area contributed by atoms with Crippen LogP contribution in [0.1, 0.15) is 25.5 Å². The Hall–Kier alpha value is -1.16. The van der Waals surface area contributed by atoms with E-state index in [4.69, 9.17) is 11.6 Å². The third-order valence-electron chi connectivity index (χ3n) is 1.63. The Kier molecular flexibility index (Phi) is 2.83. The van der Waals surface area contributed by atoms with Gasteiger partial charge in [0, 0.05) is 12.1 Å². The van der Waals surface area contributed by atoms with Crippen LogP contribution < -0.4 is 0 Å². The monoisotopic (exact) mass is 200 g/mol. The van der Waals surface area contributed by atoms with Gasteiger partial charge in [-0.3, -0.25) is 15.1 Å². The zero-order valence-corrected chi connectivity index (χ0v) is 8.08. The van der Waals surface area contributed by atoms with Crippen LogP contribution in [0.25, 0.3) is 0 Å². The van der Waals surface area contributed by atoms with E-state index in [2.05, 4.69) is 4.98 Å². The molecule has 0 saturated heterocycles. The molecule has 0 aliphatic rings. The van der Waals surface area contributed by atoms with Crippen molar-refractivity contribution in [3.63, 3.8) is 0 Å². The highest BCUT2D eigenvalue weighted by Crippen LogP contribution is 2.30. The topological polar surface area (TPSA) is 56.0 Å². The molecule has 0 bridgehead atoms. The Morgan fingerprint density at radius 3 is 2.62 bits per heavy atom. The summed E-state index contributed by atoms with van der Waals surface area (Å²) in [5.41, 5.74) is 0.344. The second-order valence-corrected chi connectivity index (χ2v) is 3.35. The Bertz CT molecular complexity index is 339. The molecule has 0 radical (unpaired) electrons. The largest absolute Gasteiger partial charge is 0.309 e. The van der Waals surface area contributed by atoms with Crippen molar-refractivity contribution in [1.82, 2.24) is 4.98 Å². The van der Waals surface area contributed by atoms with E-state index in [9.17, 15) is 10.1 Å². The van der Waals surface area contributed by atoms with E-state index in [0.717, 1.165) is 0 Å². The lowest BCUT2D eigenvalue weighted by molar-refractivity contribution is -0.385. The number of rotatable bonds is 2. The number of halogens is 1. The SMILES string of the molecule is CC(C)c1nccc(Cl)c1[N+](=O)[O-]. The Morgan fingerprint density at radius 2 is 2.23 bits per heavy atom. The summed E-state index contributed by atoms with van der Waals surface area (Å²) in [6.45, 7) is 3.68. The molecule has 0 aromatic carbocycles. The van der Waals surface area contributed by atoms with Crippen LogP contribution >= 0.6 is 11.6 Å². The predicted molar refractivity (Wildman–Crippen MR) is 50.0 cm³/mol. The zero-order chi connectivity index (χ0) is 10.0. The number of nitro groups is 1. The Balaban J connectivity index is 3.34. The first-order valence-corrected chi connectivity index (χ1v) is 4.20. The van der Waals surface area contributed by atoms with E-state index in [1.165, 1.54) is 12.3 Å². The van der Waals surface area contributed by atoms with Gasteiger partial charge in [-0.05, 0) is 6.07 Å². The normalized spacial score (nSPS) is 10.5. The molecule has 0 spiro atoms. The number of nitrogens with zero attached hydrogens (tertiary/aromatic N) is 2. The van der Waals surface area contributed by atoms with Crippen molar-refractivity contribution >= 4 is 17.3 Å². The molecular weight excluding hydrogens is 192 g/mol. The molecule has 1 aromatic rings. The van der Waals surface area contributed by atoms with Gasteiger partial charge in [0.15, 0.2) is 0 Å². The van der Waals surface area contributed by atoms with Gasteiger partial charge in [-0.25, -0.2) is 0 Å². The molecule has 0 saturated carbocycles. The lowest BCUT2D eigenvalue weighted by atomic mass is 10.1. The van der Waals surface area contributed by atoms with E-state index in [0.29, 0.717) is 5.69 Å². The first kappa shape index (κ1) is 9.92. The summed E-state index contributed by atoms with van der Waals surface area (Å²) >= 11 is 5.69. The van der Waals surface area contributed by atoms with Gasteiger partial charge >= 0.3 is 5.69 Å². The van der Waals surface area contributed by atoms with Gasteiger partial charge < -0.3 is 0 Å². The summed E-state index contributed by atoms with van der Waals surface area (Å²) in [7, 11) is 0. The molecule has 0 N–H and O–H groups in total. The summed E-state index contributed by atoms with van der Waals surface area (Å²) in [5, 5.41) is 10.8. The fraction of sp³-hybridized carbons (Fsp3) is 0.375. The third-order valence-corrected chi connectivity index (χ3v) is 1.94. The third kappa shape index (κ3) is 1.95. The lowest BCUT2D eigenvalue weighted by Crippen LogP contribution is -2.00. The molecule has 0 amide bonds. The molecule has 0 unspecified atom stereocenters. The maximum Gasteiger partial charge on any atom is 0.309 e. The molecule has 1 aromatic heterocycles. The molecule has 5 heteroatoms. The van der Waals surface area contributed by atoms with Crippen molar-refractivity contribution in [3.05, 3.63) is 33.1 Å². The molecule has 70 valence electrons. The van der Waals surface area contributed by atoms with E-state index in [-0.39, 0.29) is 16.6 Å². The van der Waals surface area contributed by atoms with Crippen molar-refractivity contribution in [3.8, 4) is 0 Å². The van der Waals surface area contributed by atoms with E-state index in [1.807, 2.05) is 13.8 Å². The van der Waals surface area contributed by atoms with Crippen molar-refractivity contribution in [1.29, 1.82) is 0 Å². The maximum atomic E-state index is 10.6. The highest BCUT2D eigenvalue weighted by Gasteiger charge is 2.21. The number of pyridine rings is 1. The van der Waals surface area contributed by atoms with Crippen LogP contribution in [0.5, 0.6) is 0 Å². The van der Waals surface area contributed by atoms with Gasteiger partial charge in [0.1, 0.15) is 10.7 Å². The average molecular weight is 201 g/mol. The average Bonchev–Trinajstić information content (AvgIpc) is 2.02. The van der Waals surface area contributed by atoms with Crippen molar-refractivity contribution in [2.45, 2.75) is 19.8 Å². The van der Waals surface area contributed by atoms with E-state index < -0.39 is 4.92 Å². The minimum atomic E-state index is -0.495. The standard InChI is InChI=1S/C8H9ClN2O2/c1-5(2)7-8(11(12)13)6(9)3-4-10-7/h3-5H,1-2H3. The Morgan fingerprint density at radius 1 is 1.62 bits per heavy atom. The van der Waals surface area contributed by atoms with Crippen LogP contribution in [0.3, 0.4) is 0 Å². The highest BCUT2D eigenvalue weighted by atomic mass is 35.5. The van der Waals surface area contributed by atoms with Crippen LogP contribution in [-0.4, -0.2) is 9.91 Å². The van der Waals surface area contributed by atoms with E-state index in [1.54, 1.807) is 0 Å². The summed E-state index contributed by atoms with van der Waals surface area (Å²) in [4.78, 5) is 14.1. The number of hydrogen-bond donors (Lipinski definition) is 0. The second kappa shape index (κ2) is 3.70. The van der Waals surface area contributed by atoms with Gasteiger partial charge in [0.2, 0.25) is 0 Å². The second-order valence-electron chi connectivity index (χ2n) is 2.94. The molecule has 1 rings (SSSR count). The smallest absolute Gasteiger partial charge is 0.258 e. The van der Waals surface area contributed by atoms with Gasteiger partial charge in [-0.1, -0.05) is 25.4 Å². The fourth-order valence-corrected chi connectivity index (χ4v) is 1.27. The van der Waals surface area contributed by atoms with Crippen LogP contribution in [-0.2, 0) is 0 Å². The summed E-state index contributed by atoms with van der Waals surface area (Å²) in [5.74, 6) is -0.000833. The van der Waals surface area contributed by atoms with Crippen LogP contribution in [0.4, 0.5) is 5.69 Å². The number of aromatic nitrogens is 1. The predicted octanol–water partition coefficient (Wildman–Crippen LogP) is 2.77. The summed E-state index contributed by atoms with van der Waals surface area (Å²) in [6, 6.07) is 1.42. The van der Waals surface area contributed by atoms with E-state index >= 15 is 0 Å². The molecule has 1 heterocycles. The molecule has 0 fully saturated rings. The molecule has 0 atom stereocenters. The van der Waals surface area contributed by atoms with Gasteiger partial charge in [-0.2, -0.15) is 0 Å². The number of hydrogen-bond acceptors (Lipinski definition) is 3. The van der Waals surface area contributed by atoms with Crippen molar-refractivity contribution in [2.75, 3.05) is 0 Å². The maximum absolute atomic E-state index is 10.6. The van der Waals surface area contributed by atoms with Gasteiger partial charge in [0.05, 0.1) is 4.92 Å². The lowest BCUT2D eigenvalue weighted by Gasteiger charge is -2.05. The zero-order valence-electron chi connectivity index (χ0n) is 7.32. The molecule has 0 aliphatic heterocycles. The van der Waals surface area contributed by atoms with Crippen LogP contribution in [0, 0.1) is 10.1 Å². The first-order valence-electron chi connectivity index (χ1n) is 3.82. The van der Waals surface area contributed by atoms with Crippen molar-refractivity contribution < 1.29 is 4.92 Å². The van der Waals surface area contributed by atoms with Crippen LogP contribution in [0.15, 0.2) is 12.3 Å². The quantitative estimate of drug-likeness (QED) is 0.545. The molecule has 0 aliphatic carbocycles. The van der Waals surface area contributed by atoms with Crippen molar-refractivity contribution in [2.24, 2.45) is 0 Å². The molecule has 4 nitrogen and oxygen atoms in total.